The van der Waals surface area contributed by atoms with Gasteiger partial charge in [0.1, 0.15) is 5.69 Å². The number of rotatable bonds is 3. The molecule has 1 aliphatic heterocycles. The van der Waals surface area contributed by atoms with Crippen molar-refractivity contribution in [3.63, 3.8) is 0 Å². The average molecular weight is 367 g/mol. The number of H-pyrrole nitrogens is 1. The van der Waals surface area contributed by atoms with Gasteiger partial charge in [0.25, 0.3) is 5.56 Å². The SMILES string of the molecule is O=C(NC1CCCC1)N1CCN(c2cc(=O)[nH]nc2-c2ccccc2)CC1. The van der Waals surface area contributed by atoms with Crippen molar-refractivity contribution >= 4 is 11.7 Å². The third-order valence-corrected chi connectivity index (χ3v) is 5.43. The summed E-state index contributed by atoms with van der Waals surface area (Å²) in [6, 6.07) is 11.8. The predicted molar refractivity (Wildman–Crippen MR) is 105 cm³/mol. The van der Waals surface area contributed by atoms with E-state index in [0.29, 0.717) is 32.2 Å². The average Bonchev–Trinajstić information content (AvgIpc) is 3.22. The smallest absolute Gasteiger partial charge is 0.317 e. The van der Waals surface area contributed by atoms with Crippen LogP contribution in [-0.4, -0.2) is 53.3 Å². The zero-order chi connectivity index (χ0) is 18.6. The molecule has 7 heteroatoms. The summed E-state index contributed by atoms with van der Waals surface area (Å²) in [6.45, 7) is 2.64. The molecule has 27 heavy (non-hydrogen) atoms. The molecule has 1 aliphatic carbocycles. The summed E-state index contributed by atoms with van der Waals surface area (Å²) in [5.74, 6) is 0. The first-order chi connectivity index (χ1) is 13.2. The minimum absolute atomic E-state index is 0.0360. The molecule has 0 atom stereocenters. The maximum atomic E-state index is 12.5. The summed E-state index contributed by atoms with van der Waals surface area (Å²) in [5.41, 5.74) is 2.33. The highest BCUT2D eigenvalue weighted by Gasteiger charge is 2.26. The summed E-state index contributed by atoms with van der Waals surface area (Å²) in [4.78, 5) is 28.3. The van der Waals surface area contributed by atoms with Gasteiger partial charge >= 0.3 is 6.03 Å². The van der Waals surface area contributed by atoms with Gasteiger partial charge in [-0.1, -0.05) is 43.2 Å². The summed E-state index contributed by atoms with van der Waals surface area (Å²) < 4.78 is 0. The number of carbonyl (C=O) groups excluding carboxylic acids is 1. The summed E-state index contributed by atoms with van der Waals surface area (Å²) in [6.07, 6.45) is 4.59. The summed E-state index contributed by atoms with van der Waals surface area (Å²) in [5, 5.41) is 9.96. The number of anilines is 1. The maximum Gasteiger partial charge on any atom is 0.317 e. The lowest BCUT2D eigenvalue weighted by Gasteiger charge is -2.37. The van der Waals surface area contributed by atoms with Crippen LogP contribution in [0.4, 0.5) is 10.5 Å². The van der Waals surface area contributed by atoms with E-state index in [4.69, 9.17) is 0 Å². The van der Waals surface area contributed by atoms with Gasteiger partial charge in [0.2, 0.25) is 0 Å². The molecule has 1 aromatic carbocycles. The van der Waals surface area contributed by atoms with Gasteiger partial charge in [0.05, 0.1) is 5.69 Å². The fourth-order valence-electron chi connectivity index (χ4n) is 3.93. The Morgan fingerprint density at radius 3 is 2.48 bits per heavy atom. The van der Waals surface area contributed by atoms with E-state index < -0.39 is 0 Å². The van der Waals surface area contributed by atoms with Crippen LogP contribution in [0.15, 0.2) is 41.2 Å². The van der Waals surface area contributed by atoms with E-state index >= 15 is 0 Å². The molecule has 0 bridgehead atoms. The van der Waals surface area contributed by atoms with Gasteiger partial charge in [-0.2, -0.15) is 5.10 Å². The molecule has 0 radical (unpaired) electrons. The summed E-state index contributed by atoms with van der Waals surface area (Å²) >= 11 is 0. The number of nitrogens with one attached hydrogen (secondary N) is 2. The Morgan fingerprint density at radius 2 is 1.78 bits per heavy atom. The highest BCUT2D eigenvalue weighted by atomic mass is 16.2. The third kappa shape index (κ3) is 3.97. The molecule has 2 amide bonds. The van der Waals surface area contributed by atoms with Crippen molar-refractivity contribution in [1.29, 1.82) is 0 Å². The minimum atomic E-state index is -0.217. The molecule has 4 rings (SSSR count). The van der Waals surface area contributed by atoms with Crippen molar-refractivity contribution in [2.45, 2.75) is 31.7 Å². The van der Waals surface area contributed by atoms with Gasteiger partial charge in [0, 0.05) is 43.9 Å². The second-order valence-corrected chi connectivity index (χ2v) is 7.24. The lowest BCUT2D eigenvalue weighted by molar-refractivity contribution is 0.190. The van der Waals surface area contributed by atoms with E-state index in [0.717, 1.165) is 29.8 Å². The molecule has 2 N–H and O–H groups in total. The number of piperazine rings is 1. The van der Waals surface area contributed by atoms with Crippen molar-refractivity contribution in [3.05, 3.63) is 46.8 Å². The number of carbonyl (C=O) groups is 1. The molecule has 2 heterocycles. The molecule has 1 aromatic heterocycles. The quantitative estimate of drug-likeness (QED) is 0.872. The van der Waals surface area contributed by atoms with Crippen molar-refractivity contribution in [2.24, 2.45) is 0 Å². The van der Waals surface area contributed by atoms with Gasteiger partial charge < -0.3 is 15.1 Å². The van der Waals surface area contributed by atoms with Crippen LogP contribution in [0.5, 0.6) is 0 Å². The lowest BCUT2D eigenvalue weighted by Crippen LogP contribution is -2.53. The Bertz CT molecular complexity index is 837. The van der Waals surface area contributed by atoms with Crippen LogP contribution in [0.1, 0.15) is 25.7 Å². The first-order valence-electron chi connectivity index (χ1n) is 9.66. The van der Waals surface area contributed by atoms with E-state index in [9.17, 15) is 9.59 Å². The largest absolute Gasteiger partial charge is 0.366 e. The molecule has 1 saturated carbocycles. The van der Waals surface area contributed by atoms with E-state index in [-0.39, 0.29) is 11.6 Å². The third-order valence-electron chi connectivity index (χ3n) is 5.43. The Morgan fingerprint density at radius 1 is 1.07 bits per heavy atom. The fraction of sp³-hybridized carbons (Fsp3) is 0.450. The number of aromatic amines is 1. The number of hydrogen-bond donors (Lipinski definition) is 2. The zero-order valence-electron chi connectivity index (χ0n) is 15.4. The Balaban J connectivity index is 1.46. The minimum Gasteiger partial charge on any atom is -0.366 e. The van der Waals surface area contributed by atoms with Crippen LogP contribution in [0.2, 0.25) is 0 Å². The van der Waals surface area contributed by atoms with Crippen LogP contribution in [0.25, 0.3) is 11.3 Å². The highest BCUT2D eigenvalue weighted by Crippen LogP contribution is 2.27. The molecule has 0 unspecified atom stereocenters. The predicted octanol–water partition coefficient (Wildman–Crippen LogP) is 2.21. The normalized spacial score (nSPS) is 17.9. The Kier molecular flexibility index (Phi) is 5.09. The second-order valence-electron chi connectivity index (χ2n) is 7.24. The monoisotopic (exact) mass is 367 g/mol. The van der Waals surface area contributed by atoms with E-state index in [2.05, 4.69) is 20.4 Å². The van der Waals surface area contributed by atoms with Crippen LogP contribution in [0.3, 0.4) is 0 Å². The number of urea groups is 1. The molecular formula is C20H25N5O2. The second kappa shape index (κ2) is 7.82. The Hall–Kier alpha value is -2.83. The van der Waals surface area contributed by atoms with Gasteiger partial charge in [-0.05, 0) is 12.8 Å². The van der Waals surface area contributed by atoms with Crippen molar-refractivity contribution in [1.82, 2.24) is 20.4 Å². The molecule has 142 valence electrons. The summed E-state index contributed by atoms with van der Waals surface area (Å²) in [7, 11) is 0. The maximum absolute atomic E-state index is 12.5. The molecule has 2 fully saturated rings. The molecule has 2 aliphatic rings. The number of aromatic nitrogens is 2. The van der Waals surface area contributed by atoms with Crippen molar-refractivity contribution < 1.29 is 4.79 Å². The molecule has 1 saturated heterocycles. The first kappa shape index (κ1) is 17.6. The van der Waals surface area contributed by atoms with Gasteiger partial charge in [-0.25, -0.2) is 9.89 Å². The number of benzene rings is 1. The lowest BCUT2D eigenvalue weighted by atomic mass is 10.1. The molecular weight excluding hydrogens is 342 g/mol. The van der Waals surface area contributed by atoms with E-state index in [1.54, 1.807) is 6.07 Å². The molecule has 2 aromatic rings. The van der Waals surface area contributed by atoms with Crippen LogP contribution >= 0.6 is 0 Å². The standard InChI is InChI=1S/C20H25N5O2/c26-18-14-17(19(23-22-18)15-6-2-1-3-7-15)24-10-12-25(13-11-24)20(27)21-16-8-4-5-9-16/h1-3,6-7,14,16H,4-5,8-13H2,(H,21,27)(H,22,26). The van der Waals surface area contributed by atoms with Gasteiger partial charge in [-0.3, -0.25) is 4.79 Å². The van der Waals surface area contributed by atoms with Crippen LogP contribution in [0, 0.1) is 0 Å². The first-order valence-corrected chi connectivity index (χ1v) is 9.66. The number of hydrogen-bond acceptors (Lipinski definition) is 4. The van der Waals surface area contributed by atoms with Gasteiger partial charge in [0.15, 0.2) is 0 Å². The van der Waals surface area contributed by atoms with Gasteiger partial charge in [-0.15, -0.1) is 0 Å². The number of amides is 2. The topological polar surface area (TPSA) is 81.3 Å². The fourth-order valence-corrected chi connectivity index (χ4v) is 3.93. The molecule has 7 nitrogen and oxygen atoms in total. The van der Waals surface area contributed by atoms with Crippen molar-refractivity contribution in [2.75, 3.05) is 31.1 Å². The highest BCUT2D eigenvalue weighted by molar-refractivity contribution is 5.76. The van der Waals surface area contributed by atoms with Crippen LogP contribution < -0.4 is 15.8 Å². The Labute approximate surface area is 158 Å². The van der Waals surface area contributed by atoms with E-state index in [1.807, 2.05) is 35.2 Å². The van der Waals surface area contributed by atoms with E-state index in [1.165, 1.54) is 12.8 Å². The van der Waals surface area contributed by atoms with Crippen molar-refractivity contribution in [3.8, 4) is 11.3 Å². The van der Waals surface area contributed by atoms with Crippen LogP contribution in [-0.2, 0) is 0 Å². The molecule has 0 spiro atoms. The number of nitrogens with zero attached hydrogens (tertiary/aromatic N) is 3. The zero-order valence-corrected chi connectivity index (χ0v) is 15.4.